The quantitative estimate of drug-likeness (QED) is 0.0649. The largest absolute Gasteiger partial charge is 0.471 e. The Morgan fingerprint density at radius 3 is 1.49 bits per heavy atom. The lowest BCUT2D eigenvalue weighted by atomic mass is 9.95. The fourth-order valence-corrected chi connectivity index (χ4v) is 8.31. The molecule has 1 aromatic rings. The number of ether oxygens (including phenoxy) is 10. The second kappa shape index (κ2) is 24.9. The van der Waals surface area contributed by atoms with Gasteiger partial charge in [-0.3, -0.25) is 4.79 Å². The molecule has 31 heteroatoms. The van der Waals surface area contributed by atoms with Gasteiger partial charge in [0.1, 0.15) is 116 Å². The number of hydrogen-bond acceptors (Lipinski definition) is 27. The number of aliphatic hydroxyl groups excluding tert-OH is 15. The topological polar surface area (TPSA) is 451 Å². The first-order chi connectivity index (χ1) is 33.5. The van der Waals surface area contributed by atoms with E-state index in [2.05, 4.69) is 0 Å². The van der Waals surface area contributed by atoms with Crippen molar-refractivity contribution >= 4 is 11.6 Å². The van der Waals surface area contributed by atoms with Gasteiger partial charge in [-0.25, -0.2) is 0 Å². The second-order valence-corrected chi connectivity index (χ2v) is 17.3. The van der Waals surface area contributed by atoms with Crippen LogP contribution in [0.2, 0.25) is 0 Å². The number of anilines is 1. The van der Waals surface area contributed by atoms with Crippen molar-refractivity contribution in [2.45, 2.75) is 166 Å². The zero-order valence-electron chi connectivity index (χ0n) is 37.1. The number of nitrogens with two attached hydrogens (primary N) is 1. The number of carbonyl (C=O) groups is 1. The molecule has 5 heterocycles. The van der Waals surface area contributed by atoms with Crippen LogP contribution in [0.5, 0.6) is 0 Å². The number of carbonyl (C=O) groups excluding carboxylic acids is 1. The zero-order chi connectivity index (χ0) is 52.2. The van der Waals surface area contributed by atoms with Gasteiger partial charge in [0, 0.05) is 5.69 Å². The van der Waals surface area contributed by atoms with Gasteiger partial charge in [0.25, 0.3) is 0 Å². The van der Waals surface area contributed by atoms with E-state index in [1.165, 1.54) is 12.1 Å². The molecule has 25 atom stereocenters. The number of halogens is 3. The molecule has 18 N–H and O–H groups in total. The zero-order valence-corrected chi connectivity index (χ0v) is 37.1. The Labute approximate surface area is 399 Å². The standard InChI is InChI=1S/C40H61F3N2O26/c41-40(42,43)39(61)45-13-3-1-12(2-4-13)5-6-62-36-30(60)32(70-37-29(59)26(56)22(52)16(9-48)66-37)31(18(68-36)11-63-35-28(58)25(55)21(51)15(8-47)65-35)69-38-33(27(57)23(53)17(10-49)67-38)71-34-19(44)24(54)20(50)14(7-46)64-34/h1-4,14-38,46-60H,5-11,44H2,(H,45,61)/t14-,15-,16-,17-,18-,19-,20-,21-,22-,23-,24-,25+,26+,27+,28-,29-,30-,31-,32-,33-,34-,35-,36+,37+,38+/m1/s1. The molecular formula is C40H61F3N2O26. The molecule has 0 spiro atoms. The average molecular weight is 1040 g/mol. The van der Waals surface area contributed by atoms with E-state index in [0.29, 0.717) is 5.56 Å². The summed E-state index contributed by atoms with van der Waals surface area (Å²) >= 11 is 0. The highest BCUT2D eigenvalue weighted by atomic mass is 19.4. The fraction of sp³-hybridized carbons (Fsp3) is 0.825. The van der Waals surface area contributed by atoms with E-state index in [-0.39, 0.29) is 18.7 Å². The fourth-order valence-electron chi connectivity index (χ4n) is 8.31. The van der Waals surface area contributed by atoms with Gasteiger partial charge in [0.2, 0.25) is 0 Å². The third-order valence-corrected chi connectivity index (χ3v) is 12.5. The van der Waals surface area contributed by atoms with Crippen LogP contribution < -0.4 is 11.1 Å². The smallest absolute Gasteiger partial charge is 0.394 e. The molecule has 5 fully saturated rings. The summed E-state index contributed by atoms with van der Waals surface area (Å²) in [4.78, 5) is 11.4. The van der Waals surface area contributed by atoms with Crippen molar-refractivity contribution < 1.29 is 142 Å². The van der Waals surface area contributed by atoms with Crippen LogP contribution in [0.3, 0.4) is 0 Å². The van der Waals surface area contributed by atoms with Gasteiger partial charge < -0.3 is 135 Å². The Morgan fingerprint density at radius 1 is 0.507 bits per heavy atom. The molecule has 0 bridgehead atoms. The highest BCUT2D eigenvalue weighted by molar-refractivity contribution is 5.94. The first-order valence-electron chi connectivity index (χ1n) is 22.2. The number of hydrogen-bond donors (Lipinski definition) is 17. The molecule has 0 radical (unpaired) electrons. The molecule has 1 amide bonds. The summed E-state index contributed by atoms with van der Waals surface area (Å²) in [6.07, 6.45) is -50.8. The summed E-state index contributed by atoms with van der Waals surface area (Å²) in [5.74, 6) is -2.22. The van der Waals surface area contributed by atoms with E-state index >= 15 is 0 Å². The molecule has 0 aliphatic carbocycles. The van der Waals surface area contributed by atoms with Gasteiger partial charge in [-0.1, -0.05) is 12.1 Å². The van der Waals surface area contributed by atoms with Crippen molar-refractivity contribution in [3.05, 3.63) is 29.8 Å². The first-order valence-corrected chi connectivity index (χ1v) is 22.2. The van der Waals surface area contributed by atoms with Crippen LogP contribution in [0, 0.1) is 0 Å². The van der Waals surface area contributed by atoms with Crippen molar-refractivity contribution in [1.82, 2.24) is 0 Å². The number of benzene rings is 1. The Bertz CT molecular complexity index is 1810. The lowest BCUT2D eigenvalue weighted by Gasteiger charge is -2.50. The van der Waals surface area contributed by atoms with Gasteiger partial charge in [-0.05, 0) is 24.1 Å². The van der Waals surface area contributed by atoms with Crippen LogP contribution in [-0.4, -0.2) is 282 Å². The van der Waals surface area contributed by atoms with Gasteiger partial charge in [0.15, 0.2) is 31.5 Å². The van der Waals surface area contributed by atoms with E-state index < -0.39 is 199 Å². The van der Waals surface area contributed by atoms with Crippen molar-refractivity contribution in [3.8, 4) is 0 Å². The number of nitrogens with one attached hydrogen (secondary N) is 1. The third kappa shape index (κ3) is 13.1. The van der Waals surface area contributed by atoms with E-state index in [4.69, 9.17) is 53.1 Å². The maximum absolute atomic E-state index is 12.8. The van der Waals surface area contributed by atoms with E-state index in [9.17, 15) is 94.6 Å². The van der Waals surface area contributed by atoms with Crippen LogP contribution in [0.25, 0.3) is 0 Å². The maximum atomic E-state index is 12.8. The van der Waals surface area contributed by atoms with Gasteiger partial charge >= 0.3 is 12.1 Å². The molecular weight excluding hydrogens is 981 g/mol. The summed E-state index contributed by atoms with van der Waals surface area (Å²) in [6, 6.07) is 3.38. The summed E-state index contributed by atoms with van der Waals surface area (Å²) < 4.78 is 96.8. The second-order valence-electron chi connectivity index (χ2n) is 17.3. The van der Waals surface area contributed by atoms with Crippen molar-refractivity contribution in [1.29, 1.82) is 0 Å². The molecule has 5 aliphatic heterocycles. The maximum Gasteiger partial charge on any atom is 0.471 e. The predicted octanol–water partition coefficient (Wildman–Crippen LogP) is -9.19. The molecule has 5 saturated heterocycles. The van der Waals surface area contributed by atoms with Gasteiger partial charge in [0.05, 0.1) is 45.7 Å². The SMILES string of the molecule is N[C@H]1[C@@H](O[C@H]2[C@H](O[C@H]3[C@H](O[C@@H]4O[C@H](CO)[C@@H](O)[C@H](O)[C@H]4O)[C@@H](O)[C@@H](OCCc4ccc(NC(=O)C(F)(F)F)cc4)O[C@@H]3CO[C@@H]3O[C@H](CO)[C@@H](O)[C@H](O)[C@H]3O)O[C@H](CO)[C@@H](O)[C@@H]2O)O[C@H](CO)[C@@H](O)[C@@H]1O. The molecule has 5 aliphatic rings. The molecule has 28 nitrogen and oxygen atoms in total. The van der Waals surface area contributed by atoms with E-state index in [1.54, 1.807) is 5.32 Å². The number of rotatable bonds is 18. The molecule has 408 valence electrons. The van der Waals surface area contributed by atoms with Crippen LogP contribution in [0.15, 0.2) is 24.3 Å². The molecule has 0 saturated carbocycles. The number of amides is 1. The van der Waals surface area contributed by atoms with Crippen LogP contribution in [0.1, 0.15) is 5.56 Å². The molecule has 71 heavy (non-hydrogen) atoms. The predicted molar refractivity (Wildman–Crippen MR) is 217 cm³/mol. The minimum atomic E-state index is -5.16. The Morgan fingerprint density at radius 2 is 0.944 bits per heavy atom. The van der Waals surface area contributed by atoms with Crippen molar-refractivity contribution in [2.24, 2.45) is 5.73 Å². The summed E-state index contributed by atoms with van der Waals surface area (Å²) in [7, 11) is 0. The third-order valence-electron chi connectivity index (χ3n) is 12.5. The lowest BCUT2D eigenvalue weighted by Crippen LogP contribution is -2.69. The highest BCUT2D eigenvalue weighted by Crippen LogP contribution is 2.37. The average Bonchev–Trinajstić information content (AvgIpc) is 3.34. The monoisotopic (exact) mass is 1040 g/mol. The summed E-state index contributed by atoms with van der Waals surface area (Å²) in [5, 5.41) is 161. The van der Waals surface area contributed by atoms with E-state index in [1.807, 2.05) is 0 Å². The van der Waals surface area contributed by atoms with Gasteiger partial charge in [-0.15, -0.1) is 0 Å². The van der Waals surface area contributed by atoms with Crippen molar-refractivity contribution in [3.63, 3.8) is 0 Å². The lowest BCUT2D eigenvalue weighted by molar-refractivity contribution is -0.400. The molecule has 6 rings (SSSR count). The first kappa shape index (κ1) is 57.7. The number of aliphatic hydroxyl groups is 15. The highest BCUT2D eigenvalue weighted by Gasteiger charge is 2.57. The minimum Gasteiger partial charge on any atom is -0.394 e. The Kier molecular flexibility index (Phi) is 20.2. The molecule has 0 aromatic heterocycles. The normalized spacial score (nSPS) is 44.6. The molecule has 0 unspecified atom stereocenters. The van der Waals surface area contributed by atoms with Crippen LogP contribution in [-0.2, 0) is 58.6 Å². The summed E-state index contributed by atoms with van der Waals surface area (Å²) in [6.45, 7) is -5.00. The Balaban J connectivity index is 1.35. The van der Waals surface area contributed by atoms with Crippen molar-refractivity contribution in [2.75, 3.05) is 45.0 Å². The van der Waals surface area contributed by atoms with Gasteiger partial charge in [-0.2, -0.15) is 13.2 Å². The van der Waals surface area contributed by atoms with E-state index in [0.717, 1.165) is 12.1 Å². The molecule has 1 aromatic carbocycles. The Hall–Kier alpha value is -2.56. The van der Waals surface area contributed by atoms with Crippen LogP contribution >= 0.6 is 0 Å². The minimum absolute atomic E-state index is 0.0593. The summed E-state index contributed by atoms with van der Waals surface area (Å²) in [5.41, 5.74) is 6.29. The van der Waals surface area contributed by atoms with Crippen LogP contribution in [0.4, 0.5) is 18.9 Å². The number of alkyl halides is 3.